The van der Waals surface area contributed by atoms with Gasteiger partial charge in [0.1, 0.15) is 11.6 Å². The molecule has 1 aliphatic rings. The fourth-order valence-corrected chi connectivity index (χ4v) is 2.34. The SMILES string of the molecule is C=CCN(CC=C)C(=O)C1CCCN1C(=O)OC(C)(C)C. The molecule has 1 rings (SSSR count). The lowest BCUT2D eigenvalue weighted by Gasteiger charge is -2.31. The highest BCUT2D eigenvalue weighted by Crippen LogP contribution is 2.22. The molecule has 1 unspecified atom stereocenters. The van der Waals surface area contributed by atoms with Crippen molar-refractivity contribution in [1.82, 2.24) is 9.80 Å². The highest BCUT2D eigenvalue weighted by molar-refractivity contribution is 5.86. The third-order valence-electron chi connectivity index (χ3n) is 3.18. The lowest BCUT2D eigenvalue weighted by Crippen LogP contribution is -2.49. The average molecular weight is 294 g/mol. The average Bonchev–Trinajstić information content (AvgIpc) is 2.84. The predicted octanol–water partition coefficient (Wildman–Crippen LogP) is 2.59. The first-order valence-corrected chi connectivity index (χ1v) is 7.30. The molecule has 5 heteroatoms. The largest absolute Gasteiger partial charge is 0.444 e. The maximum Gasteiger partial charge on any atom is 0.410 e. The number of ether oxygens (including phenoxy) is 1. The Balaban J connectivity index is 2.79. The van der Waals surface area contributed by atoms with Gasteiger partial charge in [-0.05, 0) is 33.6 Å². The van der Waals surface area contributed by atoms with Crippen LogP contribution >= 0.6 is 0 Å². The smallest absolute Gasteiger partial charge is 0.410 e. The van der Waals surface area contributed by atoms with Gasteiger partial charge in [0.25, 0.3) is 0 Å². The van der Waals surface area contributed by atoms with E-state index >= 15 is 0 Å². The number of rotatable bonds is 5. The van der Waals surface area contributed by atoms with Crippen LogP contribution in [0.3, 0.4) is 0 Å². The molecule has 1 atom stereocenters. The van der Waals surface area contributed by atoms with E-state index in [1.807, 2.05) is 20.8 Å². The summed E-state index contributed by atoms with van der Waals surface area (Å²) in [7, 11) is 0. The summed E-state index contributed by atoms with van der Waals surface area (Å²) in [4.78, 5) is 28.0. The Kier molecular flexibility index (Phi) is 6.00. The lowest BCUT2D eigenvalue weighted by molar-refractivity contribution is -0.134. The Morgan fingerprint density at radius 1 is 1.29 bits per heavy atom. The van der Waals surface area contributed by atoms with E-state index in [0.29, 0.717) is 26.1 Å². The topological polar surface area (TPSA) is 49.9 Å². The van der Waals surface area contributed by atoms with E-state index in [1.165, 1.54) is 4.90 Å². The van der Waals surface area contributed by atoms with Crippen molar-refractivity contribution in [2.24, 2.45) is 0 Å². The van der Waals surface area contributed by atoms with Gasteiger partial charge in [-0.1, -0.05) is 12.2 Å². The van der Waals surface area contributed by atoms with E-state index < -0.39 is 17.7 Å². The van der Waals surface area contributed by atoms with Crippen LogP contribution in [-0.2, 0) is 9.53 Å². The molecule has 0 aliphatic carbocycles. The number of carbonyl (C=O) groups excluding carboxylic acids is 2. The molecule has 0 aromatic heterocycles. The first-order chi connectivity index (χ1) is 9.80. The summed E-state index contributed by atoms with van der Waals surface area (Å²) < 4.78 is 5.38. The molecule has 0 N–H and O–H groups in total. The molecule has 1 heterocycles. The molecule has 21 heavy (non-hydrogen) atoms. The van der Waals surface area contributed by atoms with E-state index in [1.54, 1.807) is 17.1 Å². The van der Waals surface area contributed by atoms with Gasteiger partial charge in [-0.3, -0.25) is 9.69 Å². The molecular weight excluding hydrogens is 268 g/mol. The fraction of sp³-hybridized carbons (Fsp3) is 0.625. The van der Waals surface area contributed by atoms with E-state index in [-0.39, 0.29) is 5.91 Å². The highest BCUT2D eigenvalue weighted by atomic mass is 16.6. The summed E-state index contributed by atoms with van der Waals surface area (Å²) in [5.74, 6) is -0.0711. The van der Waals surface area contributed by atoms with Gasteiger partial charge in [0.2, 0.25) is 5.91 Å². The first kappa shape index (κ1) is 17.3. The Morgan fingerprint density at radius 2 is 1.86 bits per heavy atom. The zero-order chi connectivity index (χ0) is 16.0. The number of hydrogen-bond acceptors (Lipinski definition) is 3. The lowest BCUT2D eigenvalue weighted by atomic mass is 10.2. The molecular formula is C16H26N2O3. The maximum atomic E-state index is 12.6. The Bertz CT molecular complexity index is 402. The Hall–Kier alpha value is -1.78. The third kappa shape index (κ3) is 4.92. The van der Waals surface area contributed by atoms with Crippen molar-refractivity contribution >= 4 is 12.0 Å². The number of nitrogens with zero attached hydrogens (tertiary/aromatic N) is 2. The maximum absolute atomic E-state index is 12.6. The fourth-order valence-electron chi connectivity index (χ4n) is 2.34. The summed E-state index contributed by atoms with van der Waals surface area (Å²) >= 11 is 0. The van der Waals surface area contributed by atoms with Crippen LogP contribution in [0, 0.1) is 0 Å². The third-order valence-corrected chi connectivity index (χ3v) is 3.18. The molecule has 2 amide bonds. The molecule has 0 radical (unpaired) electrons. The van der Waals surface area contributed by atoms with Gasteiger partial charge in [0.15, 0.2) is 0 Å². The van der Waals surface area contributed by atoms with Crippen molar-refractivity contribution in [2.45, 2.75) is 45.3 Å². The van der Waals surface area contributed by atoms with Gasteiger partial charge in [0.05, 0.1) is 0 Å². The number of carbonyl (C=O) groups is 2. The number of hydrogen-bond donors (Lipinski definition) is 0. The minimum atomic E-state index is -0.560. The molecule has 1 fully saturated rings. The standard InChI is InChI=1S/C16H26N2O3/c1-6-10-17(11-7-2)14(19)13-9-8-12-18(13)15(20)21-16(3,4)5/h6-7,13H,1-2,8-12H2,3-5H3. The summed E-state index contributed by atoms with van der Waals surface area (Å²) in [5, 5.41) is 0. The highest BCUT2D eigenvalue weighted by Gasteiger charge is 2.38. The van der Waals surface area contributed by atoms with Crippen molar-refractivity contribution < 1.29 is 14.3 Å². The second kappa shape index (κ2) is 7.29. The molecule has 0 bridgehead atoms. The van der Waals surface area contributed by atoms with Crippen LogP contribution in [0.4, 0.5) is 4.79 Å². The Morgan fingerprint density at radius 3 is 2.33 bits per heavy atom. The van der Waals surface area contributed by atoms with Crippen molar-refractivity contribution in [2.75, 3.05) is 19.6 Å². The number of likely N-dealkylation sites (tertiary alicyclic amines) is 1. The minimum absolute atomic E-state index is 0.0711. The minimum Gasteiger partial charge on any atom is -0.444 e. The molecule has 0 saturated carbocycles. The van der Waals surface area contributed by atoms with Crippen LogP contribution in [0.2, 0.25) is 0 Å². The number of amides is 2. The van der Waals surface area contributed by atoms with Gasteiger partial charge in [-0.25, -0.2) is 4.79 Å². The Labute approximate surface area is 127 Å². The second-order valence-electron chi connectivity index (χ2n) is 6.15. The van der Waals surface area contributed by atoms with Gasteiger partial charge in [0, 0.05) is 19.6 Å². The van der Waals surface area contributed by atoms with Crippen LogP contribution in [0.25, 0.3) is 0 Å². The van der Waals surface area contributed by atoms with Gasteiger partial charge in [-0.2, -0.15) is 0 Å². The van der Waals surface area contributed by atoms with Crippen LogP contribution < -0.4 is 0 Å². The molecule has 1 aliphatic heterocycles. The first-order valence-electron chi connectivity index (χ1n) is 7.30. The van der Waals surface area contributed by atoms with Crippen LogP contribution in [0.15, 0.2) is 25.3 Å². The normalized spacial score (nSPS) is 18.2. The molecule has 1 saturated heterocycles. The molecule has 5 nitrogen and oxygen atoms in total. The zero-order valence-electron chi connectivity index (χ0n) is 13.3. The summed E-state index contributed by atoms with van der Waals surface area (Å²) in [5.41, 5.74) is -0.560. The molecule has 0 aromatic carbocycles. The van der Waals surface area contributed by atoms with E-state index in [9.17, 15) is 9.59 Å². The molecule has 118 valence electrons. The van der Waals surface area contributed by atoms with E-state index in [0.717, 1.165) is 6.42 Å². The van der Waals surface area contributed by atoms with Crippen LogP contribution in [-0.4, -0.2) is 53.1 Å². The van der Waals surface area contributed by atoms with Crippen molar-refractivity contribution in [3.05, 3.63) is 25.3 Å². The van der Waals surface area contributed by atoms with Crippen LogP contribution in [0.1, 0.15) is 33.6 Å². The van der Waals surface area contributed by atoms with Crippen molar-refractivity contribution in [3.63, 3.8) is 0 Å². The molecule has 0 spiro atoms. The van der Waals surface area contributed by atoms with Gasteiger partial charge >= 0.3 is 6.09 Å². The van der Waals surface area contributed by atoms with Crippen LogP contribution in [0.5, 0.6) is 0 Å². The summed E-state index contributed by atoms with van der Waals surface area (Å²) in [6.45, 7) is 14.2. The quantitative estimate of drug-likeness (QED) is 0.732. The monoisotopic (exact) mass is 294 g/mol. The van der Waals surface area contributed by atoms with Crippen molar-refractivity contribution in [1.29, 1.82) is 0 Å². The van der Waals surface area contributed by atoms with Crippen molar-refractivity contribution in [3.8, 4) is 0 Å². The van der Waals surface area contributed by atoms with E-state index in [2.05, 4.69) is 13.2 Å². The predicted molar refractivity (Wildman–Crippen MR) is 82.9 cm³/mol. The van der Waals surface area contributed by atoms with Gasteiger partial charge < -0.3 is 9.64 Å². The van der Waals surface area contributed by atoms with E-state index in [4.69, 9.17) is 4.74 Å². The second-order valence-corrected chi connectivity index (χ2v) is 6.15. The summed E-state index contributed by atoms with van der Waals surface area (Å²) in [6.07, 6.45) is 4.41. The van der Waals surface area contributed by atoms with Gasteiger partial charge in [-0.15, -0.1) is 13.2 Å². The zero-order valence-corrected chi connectivity index (χ0v) is 13.3. The molecule has 0 aromatic rings. The summed E-state index contributed by atoms with van der Waals surface area (Å²) in [6, 6.07) is -0.445.